The standard InChI is InChI=1S/C32H37Cl2N3O4S/c1-4-28(32(39)35-25-11-5-6-12-25)36(20-24-10-7-9-23(3)19-24)30(38)21-37(29-14-8-13-27(33)31(29)34)42(40,41)26-17-15-22(2)16-18-26/h7-10,13-19,25,28H,4-6,11-12,20-21H2,1-3H3,(H,35,39)/t28-/m1/s1. The summed E-state index contributed by atoms with van der Waals surface area (Å²) in [5.74, 6) is -0.768. The summed E-state index contributed by atoms with van der Waals surface area (Å²) in [5.41, 5.74) is 2.82. The van der Waals surface area contributed by atoms with E-state index in [0.29, 0.717) is 6.42 Å². The van der Waals surface area contributed by atoms with E-state index in [-0.39, 0.29) is 39.1 Å². The van der Waals surface area contributed by atoms with Crippen molar-refractivity contribution in [1.82, 2.24) is 10.2 Å². The quantitative estimate of drug-likeness (QED) is 0.256. The molecular formula is C32H37Cl2N3O4S. The Balaban J connectivity index is 1.75. The van der Waals surface area contributed by atoms with Crippen LogP contribution < -0.4 is 9.62 Å². The number of carbonyl (C=O) groups is 2. The molecule has 1 aliphatic rings. The summed E-state index contributed by atoms with van der Waals surface area (Å²) in [5, 5.41) is 3.29. The SMILES string of the molecule is CC[C@H](C(=O)NC1CCCC1)N(Cc1cccc(C)c1)C(=O)CN(c1cccc(Cl)c1Cl)S(=O)(=O)c1ccc(C)cc1. The normalized spacial score (nSPS) is 14.4. The number of hydrogen-bond donors (Lipinski definition) is 1. The van der Waals surface area contributed by atoms with E-state index >= 15 is 0 Å². The van der Waals surface area contributed by atoms with E-state index in [1.807, 2.05) is 45.0 Å². The number of nitrogens with one attached hydrogen (secondary N) is 1. The van der Waals surface area contributed by atoms with Gasteiger partial charge in [-0.2, -0.15) is 0 Å². The van der Waals surface area contributed by atoms with Crippen molar-refractivity contribution in [1.29, 1.82) is 0 Å². The van der Waals surface area contributed by atoms with Gasteiger partial charge < -0.3 is 10.2 Å². The third-order valence-electron chi connectivity index (χ3n) is 7.61. The first-order valence-electron chi connectivity index (χ1n) is 14.2. The minimum Gasteiger partial charge on any atom is -0.352 e. The molecule has 3 aromatic carbocycles. The van der Waals surface area contributed by atoms with Crippen LogP contribution >= 0.6 is 23.2 Å². The summed E-state index contributed by atoms with van der Waals surface area (Å²) in [4.78, 5) is 29.3. The molecule has 0 spiro atoms. The van der Waals surface area contributed by atoms with Gasteiger partial charge in [0.1, 0.15) is 12.6 Å². The Hall–Kier alpha value is -3.07. The largest absolute Gasteiger partial charge is 0.352 e. The monoisotopic (exact) mass is 629 g/mol. The number of sulfonamides is 1. The number of anilines is 1. The van der Waals surface area contributed by atoms with Gasteiger partial charge in [0, 0.05) is 12.6 Å². The number of aryl methyl sites for hydroxylation is 2. The number of halogens is 2. The zero-order valence-electron chi connectivity index (χ0n) is 24.1. The highest BCUT2D eigenvalue weighted by Gasteiger charge is 2.35. The van der Waals surface area contributed by atoms with Gasteiger partial charge >= 0.3 is 0 Å². The summed E-state index contributed by atoms with van der Waals surface area (Å²) in [7, 11) is -4.25. The number of hydrogen-bond acceptors (Lipinski definition) is 4. The number of carbonyl (C=O) groups excluding carboxylic acids is 2. The van der Waals surface area contributed by atoms with E-state index in [1.54, 1.807) is 24.3 Å². The fourth-order valence-corrected chi connectivity index (χ4v) is 7.20. The van der Waals surface area contributed by atoms with Crippen molar-refractivity contribution in [3.63, 3.8) is 0 Å². The van der Waals surface area contributed by atoms with Crippen molar-refractivity contribution in [2.45, 2.75) is 76.4 Å². The van der Waals surface area contributed by atoms with Crippen LogP contribution in [-0.2, 0) is 26.2 Å². The van der Waals surface area contributed by atoms with Crippen LogP contribution in [-0.4, -0.2) is 43.8 Å². The van der Waals surface area contributed by atoms with Gasteiger partial charge in [-0.25, -0.2) is 8.42 Å². The second-order valence-corrected chi connectivity index (χ2v) is 13.5. The maximum Gasteiger partial charge on any atom is 0.264 e. The Morgan fingerprint density at radius 1 is 0.952 bits per heavy atom. The average Bonchev–Trinajstić information content (AvgIpc) is 3.46. The second kappa shape index (κ2) is 13.9. The molecule has 42 heavy (non-hydrogen) atoms. The smallest absolute Gasteiger partial charge is 0.264 e. The second-order valence-electron chi connectivity index (χ2n) is 10.8. The molecule has 1 N–H and O–H groups in total. The minimum absolute atomic E-state index is 0.00759. The molecule has 0 aliphatic heterocycles. The molecule has 10 heteroatoms. The van der Waals surface area contributed by atoms with Gasteiger partial charge in [-0.05, 0) is 62.9 Å². The van der Waals surface area contributed by atoms with Crippen molar-refractivity contribution in [2.75, 3.05) is 10.8 Å². The average molecular weight is 631 g/mol. The number of nitrogens with zero attached hydrogens (tertiary/aromatic N) is 2. The Morgan fingerprint density at radius 2 is 1.62 bits per heavy atom. The lowest BCUT2D eigenvalue weighted by Crippen LogP contribution is -2.53. The van der Waals surface area contributed by atoms with E-state index in [9.17, 15) is 18.0 Å². The molecule has 2 amide bonds. The van der Waals surface area contributed by atoms with Crippen molar-refractivity contribution < 1.29 is 18.0 Å². The molecule has 4 rings (SSSR count). The van der Waals surface area contributed by atoms with E-state index in [0.717, 1.165) is 46.7 Å². The molecule has 0 bridgehead atoms. The van der Waals surface area contributed by atoms with Crippen molar-refractivity contribution in [2.24, 2.45) is 0 Å². The van der Waals surface area contributed by atoms with Crippen LogP contribution in [0.3, 0.4) is 0 Å². The molecule has 0 unspecified atom stereocenters. The molecule has 0 heterocycles. The van der Waals surface area contributed by atoms with Gasteiger partial charge in [-0.1, -0.05) is 96.6 Å². The van der Waals surface area contributed by atoms with Crippen LogP contribution in [0.15, 0.2) is 71.6 Å². The highest BCUT2D eigenvalue weighted by Crippen LogP contribution is 2.35. The maximum absolute atomic E-state index is 14.3. The molecule has 3 aromatic rings. The van der Waals surface area contributed by atoms with Gasteiger partial charge in [0.15, 0.2) is 0 Å². The summed E-state index contributed by atoms with van der Waals surface area (Å²) in [6.07, 6.45) is 4.28. The van der Waals surface area contributed by atoms with E-state index in [4.69, 9.17) is 23.2 Å². The van der Waals surface area contributed by atoms with Crippen LogP contribution in [0.5, 0.6) is 0 Å². The van der Waals surface area contributed by atoms with Crippen LogP contribution in [0, 0.1) is 13.8 Å². The zero-order valence-corrected chi connectivity index (χ0v) is 26.5. The molecule has 0 saturated heterocycles. The maximum atomic E-state index is 14.3. The molecule has 0 aromatic heterocycles. The molecule has 1 fully saturated rings. The number of amides is 2. The lowest BCUT2D eigenvalue weighted by molar-refractivity contribution is -0.140. The zero-order chi connectivity index (χ0) is 30.4. The number of benzene rings is 3. The highest BCUT2D eigenvalue weighted by atomic mass is 35.5. The van der Waals surface area contributed by atoms with Gasteiger partial charge in [0.05, 0.1) is 20.6 Å². The fourth-order valence-electron chi connectivity index (χ4n) is 5.33. The van der Waals surface area contributed by atoms with Crippen LogP contribution in [0.4, 0.5) is 5.69 Å². The van der Waals surface area contributed by atoms with E-state index in [1.165, 1.54) is 23.1 Å². The Labute approximate surface area is 258 Å². The Bertz CT molecular complexity index is 1520. The fraction of sp³-hybridized carbons (Fsp3) is 0.375. The summed E-state index contributed by atoms with van der Waals surface area (Å²) in [6.45, 7) is 5.23. The summed E-state index contributed by atoms with van der Waals surface area (Å²) >= 11 is 12.8. The first-order valence-corrected chi connectivity index (χ1v) is 16.4. The molecule has 1 saturated carbocycles. The van der Waals surface area contributed by atoms with Gasteiger partial charge in [-0.3, -0.25) is 13.9 Å². The summed E-state index contributed by atoms with van der Waals surface area (Å²) in [6, 6.07) is 18.0. The summed E-state index contributed by atoms with van der Waals surface area (Å²) < 4.78 is 29.1. The number of rotatable bonds is 11. The highest BCUT2D eigenvalue weighted by molar-refractivity contribution is 7.92. The molecule has 7 nitrogen and oxygen atoms in total. The third-order valence-corrected chi connectivity index (χ3v) is 10.2. The molecular weight excluding hydrogens is 593 g/mol. The van der Waals surface area contributed by atoms with Gasteiger partial charge in [0.25, 0.3) is 10.0 Å². The van der Waals surface area contributed by atoms with E-state index < -0.39 is 28.5 Å². The first-order chi connectivity index (χ1) is 20.0. The van der Waals surface area contributed by atoms with Crippen LogP contribution in [0.2, 0.25) is 10.0 Å². The van der Waals surface area contributed by atoms with Crippen molar-refractivity contribution >= 4 is 50.7 Å². The van der Waals surface area contributed by atoms with E-state index in [2.05, 4.69) is 5.32 Å². The lowest BCUT2D eigenvalue weighted by Gasteiger charge is -2.34. The van der Waals surface area contributed by atoms with Crippen molar-refractivity contribution in [3.05, 3.63) is 93.5 Å². The molecule has 0 radical (unpaired) electrons. The predicted molar refractivity (Wildman–Crippen MR) is 168 cm³/mol. The van der Waals surface area contributed by atoms with Crippen LogP contribution in [0.1, 0.15) is 55.7 Å². The third kappa shape index (κ3) is 7.46. The Kier molecular flexibility index (Phi) is 10.6. The van der Waals surface area contributed by atoms with Gasteiger partial charge in [-0.15, -0.1) is 0 Å². The van der Waals surface area contributed by atoms with Crippen molar-refractivity contribution in [3.8, 4) is 0 Å². The first kappa shape index (κ1) is 31.9. The van der Waals surface area contributed by atoms with Gasteiger partial charge in [0.2, 0.25) is 11.8 Å². The molecule has 224 valence electrons. The predicted octanol–water partition coefficient (Wildman–Crippen LogP) is 6.67. The van der Waals surface area contributed by atoms with Crippen LogP contribution in [0.25, 0.3) is 0 Å². The lowest BCUT2D eigenvalue weighted by atomic mass is 10.1. The molecule has 1 aliphatic carbocycles. The topological polar surface area (TPSA) is 86.8 Å². The molecule has 1 atom stereocenters. The Morgan fingerprint density at radius 3 is 2.26 bits per heavy atom. The minimum atomic E-state index is -4.25.